The van der Waals surface area contributed by atoms with Crippen molar-refractivity contribution in [2.45, 2.75) is 26.3 Å². The lowest BCUT2D eigenvalue weighted by molar-refractivity contribution is 0.409. The van der Waals surface area contributed by atoms with Crippen molar-refractivity contribution in [3.05, 3.63) is 46.5 Å². The maximum Gasteiger partial charge on any atom is 0.131 e. The third kappa shape index (κ3) is 3.08. The van der Waals surface area contributed by atoms with Crippen LogP contribution >= 0.6 is 0 Å². The molecule has 0 bridgehead atoms. The van der Waals surface area contributed by atoms with Gasteiger partial charge in [-0.2, -0.15) is 5.10 Å². The number of benzene rings is 1. The first-order valence-corrected chi connectivity index (χ1v) is 6.97. The summed E-state index contributed by atoms with van der Waals surface area (Å²) in [7, 11) is 5.30. The van der Waals surface area contributed by atoms with Crippen LogP contribution in [-0.2, 0) is 13.5 Å². The number of hydrogen-bond donors (Lipinski definition) is 1. The van der Waals surface area contributed by atoms with E-state index in [1.54, 1.807) is 12.1 Å². The third-order valence-electron chi connectivity index (χ3n) is 4.00. The zero-order valence-electron chi connectivity index (χ0n) is 13.2. The Labute approximate surface area is 124 Å². The summed E-state index contributed by atoms with van der Waals surface area (Å²) in [6, 6.07) is 4.88. The van der Waals surface area contributed by atoms with Gasteiger partial charge in [-0.1, -0.05) is 6.07 Å². The number of hydrogen-bond acceptors (Lipinski definition) is 3. The average molecular weight is 291 g/mol. The van der Waals surface area contributed by atoms with E-state index in [1.165, 1.54) is 13.2 Å². The second kappa shape index (κ2) is 6.26. The van der Waals surface area contributed by atoms with Crippen LogP contribution in [0.15, 0.2) is 18.2 Å². The summed E-state index contributed by atoms with van der Waals surface area (Å²) in [5.41, 5.74) is 3.90. The molecule has 5 heteroatoms. The third-order valence-corrected chi connectivity index (χ3v) is 4.00. The fourth-order valence-corrected chi connectivity index (χ4v) is 2.60. The normalized spacial score (nSPS) is 12.5. The summed E-state index contributed by atoms with van der Waals surface area (Å²) in [5.74, 6) is 0.271. The Morgan fingerprint density at radius 2 is 2.10 bits per heavy atom. The van der Waals surface area contributed by atoms with Crippen LogP contribution in [0.3, 0.4) is 0 Å². The summed E-state index contributed by atoms with van der Waals surface area (Å²) < 4.78 is 21.2. The second-order valence-corrected chi connectivity index (χ2v) is 5.21. The molecular formula is C16H22FN3O. The summed E-state index contributed by atoms with van der Waals surface area (Å²) in [4.78, 5) is 0. The van der Waals surface area contributed by atoms with E-state index in [-0.39, 0.29) is 11.9 Å². The number of aryl methyl sites for hydroxylation is 2. The topological polar surface area (TPSA) is 39.1 Å². The summed E-state index contributed by atoms with van der Waals surface area (Å²) in [6.07, 6.45) is 0.700. The minimum Gasteiger partial charge on any atom is -0.497 e. The van der Waals surface area contributed by atoms with Crippen molar-refractivity contribution in [1.29, 1.82) is 0 Å². The van der Waals surface area contributed by atoms with Gasteiger partial charge in [-0.3, -0.25) is 4.68 Å². The molecule has 1 aromatic carbocycles. The van der Waals surface area contributed by atoms with Crippen LogP contribution in [0, 0.1) is 19.7 Å². The summed E-state index contributed by atoms with van der Waals surface area (Å²) in [6.45, 7) is 4.02. The Bertz CT molecular complexity index is 637. The molecule has 0 amide bonds. The van der Waals surface area contributed by atoms with Gasteiger partial charge in [-0.25, -0.2) is 4.39 Å². The highest BCUT2D eigenvalue weighted by Crippen LogP contribution is 2.26. The Morgan fingerprint density at radius 3 is 2.57 bits per heavy atom. The lowest BCUT2D eigenvalue weighted by Crippen LogP contribution is -2.20. The van der Waals surface area contributed by atoms with E-state index in [0.29, 0.717) is 17.7 Å². The molecule has 1 aromatic heterocycles. The predicted octanol–water partition coefficient (Wildman–Crippen LogP) is 2.69. The van der Waals surface area contributed by atoms with E-state index < -0.39 is 0 Å². The molecule has 2 aromatic rings. The summed E-state index contributed by atoms with van der Waals surface area (Å²) >= 11 is 0. The van der Waals surface area contributed by atoms with Crippen LogP contribution in [0.5, 0.6) is 5.75 Å². The molecule has 1 unspecified atom stereocenters. The van der Waals surface area contributed by atoms with E-state index in [1.807, 2.05) is 32.6 Å². The Balaban J connectivity index is 2.32. The van der Waals surface area contributed by atoms with E-state index in [2.05, 4.69) is 10.4 Å². The van der Waals surface area contributed by atoms with Gasteiger partial charge in [-0.15, -0.1) is 0 Å². The first kappa shape index (κ1) is 15.5. The molecule has 1 heterocycles. The SMILES string of the molecule is CNC(Cc1c(C)nn(C)c1C)c1ccc(OC)cc1F. The van der Waals surface area contributed by atoms with Gasteiger partial charge in [-0.05, 0) is 38.9 Å². The largest absolute Gasteiger partial charge is 0.497 e. The molecule has 4 nitrogen and oxygen atoms in total. The number of nitrogens with zero attached hydrogens (tertiary/aromatic N) is 2. The molecule has 0 aliphatic carbocycles. The number of ether oxygens (including phenoxy) is 1. The standard InChI is InChI=1S/C16H22FN3O/c1-10-14(11(2)20(4)19-10)9-16(18-3)13-7-6-12(21-5)8-15(13)17/h6-8,16,18H,9H2,1-5H3. The van der Waals surface area contributed by atoms with Crippen molar-refractivity contribution in [1.82, 2.24) is 15.1 Å². The monoisotopic (exact) mass is 291 g/mol. The molecule has 0 aliphatic heterocycles. The number of likely N-dealkylation sites (N-methyl/N-ethyl adjacent to an activating group) is 1. The van der Waals surface area contributed by atoms with Crippen LogP contribution in [0.25, 0.3) is 0 Å². The fourth-order valence-electron chi connectivity index (χ4n) is 2.60. The number of halogens is 1. The number of methoxy groups -OCH3 is 1. The minimum absolute atomic E-state index is 0.0995. The molecule has 0 spiro atoms. The van der Waals surface area contributed by atoms with E-state index >= 15 is 0 Å². The highest BCUT2D eigenvalue weighted by molar-refractivity contribution is 5.33. The van der Waals surface area contributed by atoms with E-state index in [0.717, 1.165) is 17.0 Å². The minimum atomic E-state index is -0.257. The van der Waals surface area contributed by atoms with Crippen LogP contribution in [0.4, 0.5) is 4.39 Å². The van der Waals surface area contributed by atoms with E-state index in [4.69, 9.17) is 4.74 Å². The van der Waals surface area contributed by atoms with Crippen LogP contribution < -0.4 is 10.1 Å². The Hall–Kier alpha value is -1.88. The van der Waals surface area contributed by atoms with Crippen LogP contribution in [0.1, 0.15) is 28.6 Å². The van der Waals surface area contributed by atoms with Gasteiger partial charge in [0.1, 0.15) is 11.6 Å². The first-order chi connectivity index (χ1) is 9.97. The second-order valence-electron chi connectivity index (χ2n) is 5.21. The maximum atomic E-state index is 14.2. The average Bonchev–Trinajstić information content (AvgIpc) is 2.70. The molecule has 0 aliphatic rings. The Kier molecular flexibility index (Phi) is 4.63. The molecular weight excluding hydrogens is 269 g/mol. The highest BCUT2D eigenvalue weighted by Gasteiger charge is 2.19. The van der Waals surface area contributed by atoms with Gasteiger partial charge in [0, 0.05) is 30.4 Å². The number of rotatable bonds is 5. The molecule has 0 radical (unpaired) electrons. The fraction of sp³-hybridized carbons (Fsp3) is 0.438. The molecule has 21 heavy (non-hydrogen) atoms. The highest BCUT2D eigenvalue weighted by atomic mass is 19.1. The molecule has 0 saturated heterocycles. The van der Waals surface area contributed by atoms with Crippen molar-refractivity contribution in [2.24, 2.45) is 7.05 Å². The number of nitrogens with one attached hydrogen (secondary N) is 1. The van der Waals surface area contributed by atoms with Crippen molar-refractivity contribution < 1.29 is 9.13 Å². The summed E-state index contributed by atoms with van der Waals surface area (Å²) in [5, 5.41) is 7.61. The van der Waals surface area contributed by atoms with Crippen LogP contribution in [-0.4, -0.2) is 23.9 Å². The van der Waals surface area contributed by atoms with E-state index in [9.17, 15) is 4.39 Å². The molecule has 1 N–H and O–H groups in total. The molecule has 114 valence electrons. The molecule has 1 atom stereocenters. The quantitative estimate of drug-likeness (QED) is 0.920. The predicted molar refractivity (Wildman–Crippen MR) is 81.1 cm³/mol. The van der Waals surface area contributed by atoms with Gasteiger partial charge in [0.25, 0.3) is 0 Å². The van der Waals surface area contributed by atoms with Crippen molar-refractivity contribution in [2.75, 3.05) is 14.2 Å². The van der Waals surface area contributed by atoms with Crippen molar-refractivity contribution in [3.8, 4) is 5.75 Å². The molecule has 0 saturated carbocycles. The maximum absolute atomic E-state index is 14.2. The zero-order chi connectivity index (χ0) is 15.6. The first-order valence-electron chi connectivity index (χ1n) is 6.97. The van der Waals surface area contributed by atoms with Gasteiger partial charge in [0.15, 0.2) is 0 Å². The number of aromatic nitrogens is 2. The van der Waals surface area contributed by atoms with Crippen LogP contribution in [0.2, 0.25) is 0 Å². The van der Waals surface area contributed by atoms with Crippen molar-refractivity contribution >= 4 is 0 Å². The van der Waals surface area contributed by atoms with Crippen molar-refractivity contribution in [3.63, 3.8) is 0 Å². The van der Waals surface area contributed by atoms with Gasteiger partial charge >= 0.3 is 0 Å². The van der Waals surface area contributed by atoms with Gasteiger partial charge < -0.3 is 10.1 Å². The lowest BCUT2D eigenvalue weighted by atomic mass is 9.97. The molecule has 0 fully saturated rings. The molecule has 2 rings (SSSR count). The zero-order valence-corrected chi connectivity index (χ0v) is 13.2. The lowest BCUT2D eigenvalue weighted by Gasteiger charge is -2.18. The smallest absolute Gasteiger partial charge is 0.131 e. The Morgan fingerprint density at radius 1 is 1.38 bits per heavy atom. The van der Waals surface area contributed by atoms with Gasteiger partial charge in [0.2, 0.25) is 0 Å². The van der Waals surface area contributed by atoms with Gasteiger partial charge in [0.05, 0.1) is 12.8 Å².